The fourth-order valence-corrected chi connectivity index (χ4v) is 4.60. The van der Waals surface area contributed by atoms with Gasteiger partial charge in [0.15, 0.2) is 33.1 Å². The minimum atomic E-state index is -4.71. The molecule has 2 atom stereocenters. The Morgan fingerprint density at radius 2 is 1.14 bits per heavy atom. The van der Waals surface area contributed by atoms with Crippen LogP contribution in [0.4, 0.5) is 0 Å². The van der Waals surface area contributed by atoms with Gasteiger partial charge in [-0.25, -0.2) is 34.8 Å². The maximum Gasteiger partial charge on any atom is 0.524 e. The Kier molecular flexibility index (Phi) is 24.9. The Balaban J connectivity index is 0.000000912. The van der Waals surface area contributed by atoms with Crippen molar-refractivity contribution in [2.45, 2.75) is 37.8 Å². The zero-order valence-electron chi connectivity index (χ0n) is 33.1. The van der Waals surface area contributed by atoms with E-state index in [9.17, 15) is 34.4 Å². The average Bonchev–Trinajstić information content (AvgIpc) is 3.18. The number of ether oxygens (including phenoxy) is 6. The summed E-state index contributed by atoms with van der Waals surface area (Å²) >= 11 is 0. The van der Waals surface area contributed by atoms with Gasteiger partial charge in [0.1, 0.15) is 12.1 Å². The Bertz CT molecular complexity index is 1730. The fraction of sp³-hybridized carbons (Fsp3) is 0.438. The van der Waals surface area contributed by atoms with Crippen molar-refractivity contribution in [3.05, 3.63) is 61.7 Å². The minimum Gasteiger partial charge on any atom is -0.493 e. The smallest absolute Gasteiger partial charge is 0.493 e. The number of aliphatic imine (C=N–C) groups is 2. The van der Waals surface area contributed by atoms with Gasteiger partial charge in [-0.1, -0.05) is 29.1 Å². The lowest BCUT2D eigenvalue weighted by Crippen LogP contribution is -2.36. The maximum absolute atomic E-state index is 11.1. The zero-order chi connectivity index (χ0) is 45.1. The van der Waals surface area contributed by atoms with Gasteiger partial charge in [0.2, 0.25) is 5.75 Å². The third kappa shape index (κ3) is 22.8. The maximum atomic E-state index is 11.1. The lowest BCUT2D eigenvalue weighted by Gasteiger charge is -2.13. The summed E-state index contributed by atoms with van der Waals surface area (Å²) in [4.78, 5) is 67.0. The first-order chi connectivity index (χ1) is 27.7. The van der Waals surface area contributed by atoms with E-state index in [1.807, 2.05) is 0 Å². The quantitative estimate of drug-likeness (QED) is 0.0128. The number of carbonyl (C=O) groups excluding carboxylic acids is 2. The predicted molar refractivity (Wildman–Crippen MR) is 212 cm³/mol. The first kappa shape index (κ1) is 52.5. The molecular weight excluding hydrogens is 811 g/mol. The number of nitrogens with zero attached hydrogens (tertiary/aromatic N) is 4. The van der Waals surface area contributed by atoms with E-state index >= 15 is 0 Å². The summed E-state index contributed by atoms with van der Waals surface area (Å²) in [6.45, 7) is 0.495. The molecule has 0 spiro atoms. The number of phosphoric acid groups is 1. The molecular formula is C32H51N10O16P. The molecule has 0 aliphatic heterocycles. The summed E-state index contributed by atoms with van der Waals surface area (Å²) in [5, 5.41) is 18.2. The molecule has 0 heterocycles. The van der Waals surface area contributed by atoms with Gasteiger partial charge in [-0.05, 0) is 61.1 Å². The molecule has 2 aromatic carbocycles. The Labute approximate surface area is 338 Å². The van der Waals surface area contributed by atoms with Crippen LogP contribution in [0.25, 0.3) is 12.2 Å². The number of esters is 2. The highest BCUT2D eigenvalue weighted by Gasteiger charge is 2.19. The highest BCUT2D eigenvalue weighted by molar-refractivity contribution is 7.46. The van der Waals surface area contributed by atoms with Gasteiger partial charge in [0.05, 0.1) is 42.7 Å². The molecule has 0 radical (unpaired) electrons. The number of carbonyl (C=O) groups is 2. The summed E-state index contributed by atoms with van der Waals surface area (Å²) in [5.41, 5.74) is 26.0. The third-order valence-electron chi connectivity index (χ3n) is 6.89. The molecule has 0 aromatic heterocycles. The molecule has 2 rings (SSSR count). The Morgan fingerprint density at radius 1 is 0.729 bits per heavy atom. The molecule has 0 fully saturated rings. The summed E-state index contributed by atoms with van der Waals surface area (Å²) in [6, 6.07) is 6.88. The van der Waals surface area contributed by atoms with Crippen LogP contribution in [0.2, 0.25) is 0 Å². The normalized spacial score (nSPS) is 12.2. The molecule has 59 heavy (non-hydrogen) atoms. The van der Waals surface area contributed by atoms with E-state index in [0.29, 0.717) is 48.5 Å². The minimum absolute atomic E-state index is 0.0575. The van der Waals surface area contributed by atoms with Crippen LogP contribution < -0.4 is 57.3 Å². The van der Waals surface area contributed by atoms with Crippen LogP contribution in [0.3, 0.4) is 0 Å². The van der Waals surface area contributed by atoms with Crippen LogP contribution in [-0.4, -0.2) is 112 Å². The second-order valence-electron chi connectivity index (χ2n) is 11.1. The molecule has 330 valence electrons. The highest BCUT2D eigenvalue weighted by Crippen LogP contribution is 2.43. The van der Waals surface area contributed by atoms with E-state index in [1.54, 1.807) is 47.3 Å². The van der Waals surface area contributed by atoms with Crippen LogP contribution in [0.1, 0.15) is 36.8 Å². The predicted octanol–water partition coefficient (Wildman–Crippen LogP) is 0.0887. The molecule has 27 heteroatoms. The van der Waals surface area contributed by atoms with Crippen LogP contribution in [-0.2, 0) is 23.6 Å². The molecule has 26 nitrogen and oxygen atoms in total. The van der Waals surface area contributed by atoms with Gasteiger partial charge in [-0.15, -0.1) is 0 Å². The second-order valence-corrected chi connectivity index (χ2v) is 12.3. The van der Waals surface area contributed by atoms with Gasteiger partial charge >= 0.3 is 19.8 Å². The van der Waals surface area contributed by atoms with E-state index in [1.165, 1.54) is 48.7 Å². The molecule has 0 unspecified atom stereocenters. The van der Waals surface area contributed by atoms with Gasteiger partial charge in [-0.2, -0.15) is 0 Å². The number of nitrogens with two attached hydrogens (primary N) is 4. The lowest BCUT2D eigenvalue weighted by atomic mass is 10.1. The lowest BCUT2D eigenvalue weighted by molar-refractivity contribution is -0.525. The summed E-state index contributed by atoms with van der Waals surface area (Å²) in [5.74, 6) is 0.0996. The van der Waals surface area contributed by atoms with Crippen molar-refractivity contribution in [2.24, 2.45) is 32.9 Å². The molecule has 0 amide bonds. The van der Waals surface area contributed by atoms with Crippen molar-refractivity contribution < 1.29 is 67.0 Å². The van der Waals surface area contributed by atoms with Gasteiger partial charge in [0.25, 0.3) is 11.9 Å². The third-order valence-corrected chi connectivity index (χ3v) is 7.33. The second kappa shape index (κ2) is 28.0. The van der Waals surface area contributed by atoms with Gasteiger partial charge < -0.3 is 55.9 Å². The number of rotatable bonds is 20. The SMILES string of the molecule is COC(=O)[C@@H](N)CCCN=C(N)N[N+](=O)[O-].COC(=O)[C@@H](N)CCCN=C(N)N[N+](=O)[O-].COc1ccc(/C=C\c2cc(OC)c(OC)c(OC)c2)cc1OP(=O)(O)O. The highest BCUT2D eigenvalue weighted by atomic mass is 31.2. The van der Waals surface area contributed by atoms with E-state index in [0.717, 1.165) is 5.56 Å². The number of hydrazine groups is 2. The molecule has 0 saturated carbocycles. The number of hydrogen-bond acceptors (Lipinski definition) is 18. The largest absolute Gasteiger partial charge is 0.524 e. The zero-order valence-corrected chi connectivity index (χ0v) is 34.0. The fourth-order valence-electron chi connectivity index (χ4n) is 4.20. The number of nitrogens with one attached hydrogen (secondary N) is 2. The average molecular weight is 863 g/mol. The number of hydrogen-bond donors (Lipinski definition) is 8. The Hall–Kier alpha value is -6.47. The van der Waals surface area contributed by atoms with Gasteiger partial charge in [-0.3, -0.25) is 19.4 Å². The molecule has 0 saturated heterocycles. The Morgan fingerprint density at radius 3 is 1.49 bits per heavy atom. The summed E-state index contributed by atoms with van der Waals surface area (Å²) < 4.78 is 45.6. The van der Waals surface area contributed by atoms with Crippen molar-refractivity contribution in [3.8, 4) is 28.7 Å². The molecule has 0 aliphatic carbocycles. The van der Waals surface area contributed by atoms with Gasteiger partial charge in [0, 0.05) is 13.1 Å². The monoisotopic (exact) mass is 862 g/mol. The van der Waals surface area contributed by atoms with Crippen molar-refractivity contribution in [1.29, 1.82) is 0 Å². The summed E-state index contributed by atoms with van der Waals surface area (Å²) in [6.07, 6.45) is 5.25. The van der Waals surface area contributed by atoms with E-state index < -0.39 is 41.9 Å². The van der Waals surface area contributed by atoms with E-state index in [2.05, 4.69) is 24.0 Å². The number of guanidine groups is 2. The number of methoxy groups -OCH3 is 6. The van der Waals surface area contributed by atoms with Crippen LogP contribution in [0.5, 0.6) is 28.7 Å². The van der Waals surface area contributed by atoms with Crippen molar-refractivity contribution >= 4 is 43.8 Å². The standard InChI is InChI=1S/C18H21O8P.2C7H15N5O4/c1-22-14-8-7-12(9-15(14)26-27(19,20)21)5-6-13-10-16(23-2)18(25-4)17(11-13)24-3;2*1-16-6(13)5(8)3-2-4-10-7(9)11-12(14)15/h5-11H,1-4H3,(H2,19,20,21);2*5H,2-4,8H2,1H3,(H3,9,10,11)/b6-5-;;/t;2*5-/m.00/s1. The molecule has 12 N–H and O–H groups in total. The van der Waals surface area contributed by atoms with Crippen molar-refractivity contribution in [3.63, 3.8) is 0 Å². The summed E-state index contributed by atoms with van der Waals surface area (Å²) in [7, 11) is 3.75. The number of phosphoric ester groups is 1. The van der Waals surface area contributed by atoms with E-state index in [4.69, 9.17) is 51.7 Å². The number of benzene rings is 2. The van der Waals surface area contributed by atoms with E-state index in [-0.39, 0.29) is 36.5 Å². The van der Waals surface area contributed by atoms with Crippen molar-refractivity contribution in [2.75, 3.05) is 55.7 Å². The molecule has 2 aromatic rings. The topological polar surface area (TPSA) is 395 Å². The van der Waals surface area contributed by atoms with Crippen LogP contribution in [0, 0.1) is 20.2 Å². The first-order valence-corrected chi connectivity index (χ1v) is 18.3. The molecule has 0 bridgehead atoms. The molecule has 0 aliphatic rings. The number of nitro groups is 2. The van der Waals surface area contributed by atoms with Crippen LogP contribution in [0.15, 0.2) is 40.3 Å². The van der Waals surface area contributed by atoms with Crippen molar-refractivity contribution in [1.82, 2.24) is 10.9 Å². The first-order valence-electron chi connectivity index (χ1n) is 16.8. The van der Waals surface area contributed by atoms with Crippen LogP contribution >= 0.6 is 7.82 Å².